The highest BCUT2D eigenvalue weighted by molar-refractivity contribution is 5.94. The van der Waals surface area contributed by atoms with Gasteiger partial charge in [-0.1, -0.05) is 0 Å². The highest BCUT2D eigenvalue weighted by atomic mass is 16.5. The highest BCUT2D eigenvalue weighted by Gasteiger charge is 2.14. The van der Waals surface area contributed by atoms with Crippen molar-refractivity contribution in [3.05, 3.63) is 29.8 Å². The van der Waals surface area contributed by atoms with Gasteiger partial charge in [0.05, 0.1) is 13.7 Å². The van der Waals surface area contributed by atoms with E-state index in [4.69, 9.17) is 15.2 Å². The van der Waals surface area contributed by atoms with Crippen molar-refractivity contribution in [2.75, 3.05) is 40.5 Å². The smallest absolute Gasteiger partial charge is 0.253 e. The summed E-state index contributed by atoms with van der Waals surface area (Å²) in [4.78, 5) is 14.1. The Morgan fingerprint density at radius 3 is 2.42 bits per heavy atom. The number of hydrogen-bond donors (Lipinski definition) is 1. The number of carbonyl (C=O) groups excluding carboxylic acids is 1. The third kappa shape index (κ3) is 4.89. The number of ether oxygens (including phenoxy) is 2. The molecule has 1 amide bonds. The minimum absolute atomic E-state index is 0.00634. The number of benzene rings is 1. The molecule has 1 aromatic rings. The Morgan fingerprint density at radius 2 is 1.89 bits per heavy atom. The molecule has 0 atom stereocenters. The zero-order valence-corrected chi connectivity index (χ0v) is 11.6. The highest BCUT2D eigenvalue weighted by Crippen LogP contribution is 2.13. The Morgan fingerprint density at radius 1 is 1.21 bits per heavy atom. The normalized spacial score (nSPS) is 10.3. The lowest BCUT2D eigenvalue weighted by Gasteiger charge is -2.22. The average Bonchev–Trinajstić information content (AvgIpc) is 2.47. The second-order valence-electron chi connectivity index (χ2n) is 4.16. The van der Waals surface area contributed by atoms with Gasteiger partial charge in [0.2, 0.25) is 0 Å². The Hall–Kier alpha value is -1.59. The van der Waals surface area contributed by atoms with E-state index < -0.39 is 0 Å². The number of nitrogens with two attached hydrogens (primary N) is 1. The molecule has 1 rings (SSSR count). The largest absolute Gasteiger partial charge is 0.497 e. The van der Waals surface area contributed by atoms with E-state index in [2.05, 4.69) is 0 Å². The summed E-state index contributed by atoms with van der Waals surface area (Å²) < 4.78 is 10.1. The first-order valence-electron chi connectivity index (χ1n) is 6.35. The van der Waals surface area contributed by atoms with E-state index in [-0.39, 0.29) is 5.91 Å². The summed E-state index contributed by atoms with van der Waals surface area (Å²) in [5, 5.41) is 0. The first-order valence-corrected chi connectivity index (χ1v) is 6.35. The van der Waals surface area contributed by atoms with E-state index >= 15 is 0 Å². The second kappa shape index (κ2) is 8.50. The van der Waals surface area contributed by atoms with Gasteiger partial charge in [-0.05, 0) is 37.2 Å². The fourth-order valence-corrected chi connectivity index (χ4v) is 1.71. The Labute approximate surface area is 114 Å². The van der Waals surface area contributed by atoms with Gasteiger partial charge in [0.25, 0.3) is 5.91 Å². The predicted molar refractivity (Wildman–Crippen MR) is 74.4 cm³/mol. The van der Waals surface area contributed by atoms with Gasteiger partial charge in [-0.2, -0.15) is 0 Å². The molecule has 106 valence electrons. The quantitative estimate of drug-likeness (QED) is 0.766. The van der Waals surface area contributed by atoms with E-state index in [0.29, 0.717) is 31.8 Å². The zero-order valence-electron chi connectivity index (χ0n) is 11.6. The average molecular weight is 266 g/mol. The fourth-order valence-electron chi connectivity index (χ4n) is 1.71. The van der Waals surface area contributed by atoms with Crippen LogP contribution in [0.3, 0.4) is 0 Å². The van der Waals surface area contributed by atoms with Crippen LogP contribution in [-0.4, -0.2) is 51.3 Å². The zero-order chi connectivity index (χ0) is 14.1. The third-order valence-electron chi connectivity index (χ3n) is 2.82. The molecule has 0 unspecified atom stereocenters. The van der Waals surface area contributed by atoms with E-state index in [1.165, 1.54) is 0 Å². The molecule has 5 nitrogen and oxygen atoms in total. The van der Waals surface area contributed by atoms with Crippen LogP contribution in [0.25, 0.3) is 0 Å². The molecule has 0 bridgehead atoms. The monoisotopic (exact) mass is 266 g/mol. The SMILES string of the molecule is COCCN(CCCN)C(=O)c1ccc(OC)cc1. The Kier molecular flexibility index (Phi) is 6.92. The van der Waals surface area contributed by atoms with Crippen LogP contribution in [0.5, 0.6) is 5.75 Å². The number of rotatable bonds is 8. The van der Waals surface area contributed by atoms with Crippen LogP contribution < -0.4 is 10.5 Å². The summed E-state index contributed by atoms with van der Waals surface area (Å²) in [6.45, 7) is 2.30. The van der Waals surface area contributed by atoms with Crippen LogP contribution in [0.15, 0.2) is 24.3 Å². The maximum atomic E-state index is 12.3. The van der Waals surface area contributed by atoms with Crippen LogP contribution in [0.1, 0.15) is 16.8 Å². The minimum atomic E-state index is -0.00634. The van der Waals surface area contributed by atoms with Crippen molar-refractivity contribution in [2.45, 2.75) is 6.42 Å². The fraction of sp³-hybridized carbons (Fsp3) is 0.500. The first kappa shape index (κ1) is 15.5. The van der Waals surface area contributed by atoms with Gasteiger partial charge < -0.3 is 20.1 Å². The number of nitrogens with zero attached hydrogens (tertiary/aromatic N) is 1. The molecule has 0 saturated carbocycles. The maximum absolute atomic E-state index is 12.3. The van der Waals surface area contributed by atoms with Gasteiger partial charge in [0.1, 0.15) is 5.75 Å². The first-order chi connectivity index (χ1) is 9.22. The van der Waals surface area contributed by atoms with Gasteiger partial charge in [-0.25, -0.2) is 0 Å². The summed E-state index contributed by atoms with van der Waals surface area (Å²) in [7, 11) is 3.22. The molecule has 0 radical (unpaired) electrons. The number of amides is 1. The molecule has 0 fully saturated rings. The van der Waals surface area contributed by atoms with Gasteiger partial charge in [-0.15, -0.1) is 0 Å². The number of hydrogen-bond acceptors (Lipinski definition) is 4. The van der Waals surface area contributed by atoms with Crippen molar-refractivity contribution in [3.63, 3.8) is 0 Å². The number of carbonyl (C=O) groups is 1. The van der Waals surface area contributed by atoms with Gasteiger partial charge >= 0.3 is 0 Å². The topological polar surface area (TPSA) is 64.8 Å². The number of methoxy groups -OCH3 is 2. The van der Waals surface area contributed by atoms with Crippen molar-refractivity contribution in [1.82, 2.24) is 4.90 Å². The Bertz CT molecular complexity index is 371. The molecule has 0 aliphatic rings. The molecule has 5 heteroatoms. The van der Waals surface area contributed by atoms with E-state index in [9.17, 15) is 4.79 Å². The molecule has 0 heterocycles. The lowest BCUT2D eigenvalue weighted by molar-refractivity contribution is 0.0694. The predicted octanol–water partition coefficient (Wildman–Crippen LogP) is 1.13. The third-order valence-corrected chi connectivity index (χ3v) is 2.82. The molecule has 1 aromatic carbocycles. The van der Waals surface area contributed by atoms with Crippen LogP contribution in [0, 0.1) is 0 Å². The molecule has 0 saturated heterocycles. The Balaban J connectivity index is 2.72. The van der Waals surface area contributed by atoms with E-state index in [1.54, 1.807) is 43.4 Å². The minimum Gasteiger partial charge on any atom is -0.497 e. The van der Waals surface area contributed by atoms with Gasteiger partial charge in [0, 0.05) is 25.8 Å². The second-order valence-corrected chi connectivity index (χ2v) is 4.16. The molecule has 19 heavy (non-hydrogen) atoms. The summed E-state index contributed by atoms with van der Waals surface area (Å²) in [5.41, 5.74) is 6.14. The van der Waals surface area contributed by atoms with Crippen molar-refractivity contribution in [3.8, 4) is 5.75 Å². The van der Waals surface area contributed by atoms with Gasteiger partial charge in [-0.3, -0.25) is 4.79 Å². The van der Waals surface area contributed by atoms with E-state index in [0.717, 1.165) is 12.2 Å². The molecule has 2 N–H and O–H groups in total. The van der Waals surface area contributed by atoms with Crippen molar-refractivity contribution >= 4 is 5.91 Å². The molecule has 0 aliphatic carbocycles. The van der Waals surface area contributed by atoms with Crippen molar-refractivity contribution < 1.29 is 14.3 Å². The van der Waals surface area contributed by atoms with Crippen molar-refractivity contribution in [2.24, 2.45) is 5.73 Å². The summed E-state index contributed by atoms with van der Waals surface area (Å²) in [6.07, 6.45) is 0.783. The molecular weight excluding hydrogens is 244 g/mol. The lowest BCUT2D eigenvalue weighted by Crippen LogP contribution is -2.35. The molecule has 0 aliphatic heterocycles. The summed E-state index contributed by atoms with van der Waals surface area (Å²) in [6, 6.07) is 7.10. The maximum Gasteiger partial charge on any atom is 0.253 e. The lowest BCUT2D eigenvalue weighted by atomic mass is 10.2. The van der Waals surface area contributed by atoms with Crippen LogP contribution in [-0.2, 0) is 4.74 Å². The van der Waals surface area contributed by atoms with Crippen LogP contribution in [0.2, 0.25) is 0 Å². The molecule has 0 spiro atoms. The summed E-state index contributed by atoms with van der Waals surface area (Å²) >= 11 is 0. The molecule has 0 aromatic heterocycles. The molecular formula is C14H22N2O3. The van der Waals surface area contributed by atoms with Crippen molar-refractivity contribution in [1.29, 1.82) is 0 Å². The summed E-state index contributed by atoms with van der Waals surface area (Å²) in [5.74, 6) is 0.732. The van der Waals surface area contributed by atoms with Gasteiger partial charge in [0.15, 0.2) is 0 Å². The van der Waals surface area contributed by atoms with Crippen LogP contribution in [0.4, 0.5) is 0 Å². The van der Waals surface area contributed by atoms with E-state index in [1.807, 2.05) is 0 Å². The van der Waals surface area contributed by atoms with Crippen LogP contribution >= 0.6 is 0 Å². The standard InChI is InChI=1S/C14H22N2O3/c1-18-11-10-16(9-3-8-15)14(17)12-4-6-13(19-2)7-5-12/h4-7H,3,8-11,15H2,1-2H3.